The van der Waals surface area contributed by atoms with Crippen LogP contribution in [0.15, 0.2) is 52.5 Å². The number of nitrogens with one attached hydrogen (secondary N) is 1. The molecule has 0 saturated carbocycles. The van der Waals surface area contributed by atoms with E-state index in [1.807, 2.05) is 6.92 Å². The third-order valence-corrected chi connectivity index (χ3v) is 4.24. The summed E-state index contributed by atoms with van der Waals surface area (Å²) in [7, 11) is -2.34. The van der Waals surface area contributed by atoms with Gasteiger partial charge >= 0.3 is 0 Å². The van der Waals surface area contributed by atoms with Gasteiger partial charge in [-0.1, -0.05) is 0 Å². The van der Waals surface area contributed by atoms with Crippen molar-refractivity contribution in [3.8, 4) is 11.5 Å². The van der Waals surface area contributed by atoms with Crippen molar-refractivity contribution in [3.05, 3.63) is 53.8 Å². The second-order valence-corrected chi connectivity index (χ2v) is 6.31. The summed E-state index contributed by atoms with van der Waals surface area (Å²) < 4.78 is 47.5. The zero-order valence-corrected chi connectivity index (χ0v) is 14.0. The molecule has 0 fully saturated rings. The highest BCUT2D eigenvalue weighted by atomic mass is 32.2. The highest BCUT2D eigenvalue weighted by molar-refractivity contribution is 7.89. The fourth-order valence-corrected chi connectivity index (χ4v) is 2.67. The fraction of sp³-hybridized carbons (Fsp3) is 0.188. The standard InChI is InChI=1S/C16H17FN2O4S/c1-3-23-15-9-4-12(10-16(15)22-2)11-18-19-24(20,21)14-7-5-13(17)6-8-14/h4-11,19H,3H2,1-2H3/b18-11+. The molecular weight excluding hydrogens is 335 g/mol. The minimum Gasteiger partial charge on any atom is -0.493 e. The summed E-state index contributed by atoms with van der Waals surface area (Å²) in [6.07, 6.45) is 1.33. The van der Waals surface area contributed by atoms with Crippen LogP contribution in [-0.4, -0.2) is 28.3 Å². The number of halogens is 1. The first-order valence-electron chi connectivity index (χ1n) is 7.07. The van der Waals surface area contributed by atoms with Gasteiger partial charge in [-0.05, 0) is 55.0 Å². The third-order valence-electron chi connectivity index (χ3n) is 3.00. The van der Waals surface area contributed by atoms with Crippen LogP contribution in [0.25, 0.3) is 0 Å². The molecule has 0 spiro atoms. The molecule has 2 rings (SSSR count). The Hall–Kier alpha value is -2.61. The van der Waals surface area contributed by atoms with Gasteiger partial charge in [-0.25, -0.2) is 9.22 Å². The van der Waals surface area contributed by atoms with Crippen LogP contribution >= 0.6 is 0 Å². The lowest BCUT2D eigenvalue weighted by molar-refractivity contribution is 0.311. The number of hydrogen-bond acceptors (Lipinski definition) is 5. The summed E-state index contributed by atoms with van der Waals surface area (Å²) in [5.41, 5.74) is 0.622. The zero-order chi connectivity index (χ0) is 17.6. The third kappa shape index (κ3) is 4.45. The molecule has 2 aromatic carbocycles. The maximum absolute atomic E-state index is 12.8. The minimum absolute atomic E-state index is 0.0784. The van der Waals surface area contributed by atoms with Gasteiger partial charge in [0, 0.05) is 0 Å². The number of hydrogen-bond donors (Lipinski definition) is 1. The Bertz CT molecular complexity index is 820. The molecule has 0 aliphatic carbocycles. The first-order chi connectivity index (χ1) is 11.5. The van der Waals surface area contributed by atoms with Crippen molar-refractivity contribution in [1.82, 2.24) is 4.83 Å². The number of nitrogens with zero attached hydrogens (tertiary/aromatic N) is 1. The molecule has 24 heavy (non-hydrogen) atoms. The van der Waals surface area contributed by atoms with E-state index >= 15 is 0 Å². The molecule has 0 aromatic heterocycles. The van der Waals surface area contributed by atoms with Gasteiger partial charge in [-0.15, -0.1) is 0 Å². The summed E-state index contributed by atoms with van der Waals surface area (Å²) in [6.45, 7) is 2.36. The molecule has 0 atom stereocenters. The van der Waals surface area contributed by atoms with Crippen molar-refractivity contribution in [1.29, 1.82) is 0 Å². The number of methoxy groups -OCH3 is 1. The minimum atomic E-state index is -3.85. The number of sulfonamides is 1. The first-order valence-corrected chi connectivity index (χ1v) is 8.56. The van der Waals surface area contributed by atoms with Crippen LogP contribution in [0.3, 0.4) is 0 Å². The fourth-order valence-electron chi connectivity index (χ4n) is 1.88. The van der Waals surface area contributed by atoms with Gasteiger partial charge in [-0.3, -0.25) is 0 Å². The molecule has 1 N–H and O–H groups in total. The average Bonchev–Trinajstić information content (AvgIpc) is 2.56. The maximum atomic E-state index is 12.8. The quantitative estimate of drug-likeness (QED) is 0.614. The Kier molecular flexibility index (Phi) is 5.75. The summed E-state index contributed by atoms with van der Waals surface area (Å²) in [6, 6.07) is 9.54. The molecule has 0 aliphatic heterocycles. The van der Waals surface area contributed by atoms with Crippen LogP contribution in [0.2, 0.25) is 0 Å². The second-order valence-electron chi connectivity index (χ2n) is 4.65. The van der Waals surface area contributed by atoms with E-state index in [1.54, 1.807) is 18.2 Å². The monoisotopic (exact) mass is 352 g/mol. The van der Waals surface area contributed by atoms with Crippen molar-refractivity contribution in [3.63, 3.8) is 0 Å². The van der Waals surface area contributed by atoms with Gasteiger partial charge in [0.25, 0.3) is 10.0 Å². The number of ether oxygens (including phenoxy) is 2. The van der Waals surface area contributed by atoms with Gasteiger partial charge in [0.15, 0.2) is 11.5 Å². The van der Waals surface area contributed by atoms with Gasteiger partial charge in [0.1, 0.15) is 5.82 Å². The van der Waals surface area contributed by atoms with Crippen LogP contribution in [-0.2, 0) is 10.0 Å². The molecule has 0 unspecified atom stereocenters. The van der Waals surface area contributed by atoms with Crippen molar-refractivity contribution in [2.24, 2.45) is 5.10 Å². The van der Waals surface area contributed by atoms with Gasteiger partial charge in [0.2, 0.25) is 0 Å². The molecule has 128 valence electrons. The van der Waals surface area contributed by atoms with E-state index in [9.17, 15) is 12.8 Å². The molecule has 0 heterocycles. The Morgan fingerprint density at radius 1 is 1.17 bits per heavy atom. The molecule has 2 aromatic rings. The average molecular weight is 352 g/mol. The SMILES string of the molecule is CCOc1ccc(/C=N/NS(=O)(=O)c2ccc(F)cc2)cc1OC. The Morgan fingerprint density at radius 3 is 2.50 bits per heavy atom. The lowest BCUT2D eigenvalue weighted by Gasteiger charge is -2.09. The molecule has 8 heteroatoms. The molecule has 0 aliphatic rings. The largest absolute Gasteiger partial charge is 0.493 e. The predicted molar refractivity (Wildman–Crippen MR) is 88.5 cm³/mol. The number of rotatable bonds is 7. The van der Waals surface area contributed by atoms with Crippen LogP contribution in [0.4, 0.5) is 4.39 Å². The van der Waals surface area contributed by atoms with Crippen molar-refractivity contribution < 1.29 is 22.3 Å². The summed E-state index contributed by atoms with van der Waals surface area (Å²) >= 11 is 0. The summed E-state index contributed by atoms with van der Waals surface area (Å²) in [5, 5.41) is 3.71. The van der Waals surface area contributed by atoms with Crippen LogP contribution in [0.5, 0.6) is 11.5 Å². The van der Waals surface area contributed by atoms with E-state index in [-0.39, 0.29) is 4.90 Å². The molecule has 0 bridgehead atoms. The molecular formula is C16H17FN2O4S. The van der Waals surface area contributed by atoms with E-state index in [1.165, 1.54) is 13.3 Å². The molecule has 0 saturated heterocycles. The van der Waals surface area contributed by atoms with Gasteiger partial charge in [-0.2, -0.15) is 13.5 Å². The second kappa shape index (κ2) is 7.78. The highest BCUT2D eigenvalue weighted by Gasteiger charge is 2.12. The summed E-state index contributed by atoms with van der Waals surface area (Å²) in [4.78, 5) is 1.99. The number of hydrazone groups is 1. The van der Waals surface area contributed by atoms with Crippen LogP contribution in [0, 0.1) is 5.82 Å². The number of benzene rings is 2. The van der Waals surface area contributed by atoms with E-state index in [0.717, 1.165) is 24.3 Å². The predicted octanol–water partition coefficient (Wildman–Crippen LogP) is 2.55. The Balaban J connectivity index is 2.12. The smallest absolute Gasteiger partial charge is 0.276 e. The normalized spacial score (nSPS) is 11.5. The first kappa shape index (κ1) is 17.7. The molecule has 0 amide bonds. The van der Waals surface area contributed by atoms with E-state index in [2.05, 4.69) is 9.93 Å². The molecule has 0 radical (unpaired) electrons. The summed E-state index contributed by atoms with van der Waals surface area (Å²) in [5.74, 6) is 0.588. The van der Waals surface area contributed by atoms with E-state index in [4.69, 9.17) is 9.47 Å². The van der Waals surface area contributed by atoms with Crippen molar-refractivity contribution in [2.45, 2.75) is 11.8 Å². The van der Waals surface area contributed by atoms with Gasteiger partial charge in [0.05, 0.1) is 24.8 Å². The lowest BCUT2D eigenvalue weighted by atomic mass is 10.2. The van der Waals surface area contributed by atoms with Crippen molar-refractivity contribution >= 4 is 16.2 Å². The Labute approximate surface area is 140 Å². The topological polar surface area (TPSA) is 77.0 Å². The lowest BCUT2D eigenvalue weighted by Crippen LogP contribution is -2.18. The maximum Gasteiger partial charge on any atom is 0.276 e. The van der Waals surface area contributed by atoms with Crippen molar-refractivity contribution in [2.75, 3.05) is 13.7 Å². The molecule has 6 nitrogen and oxygen atoms in total. The highest BCUT2D eigenvalue weighted by Crippen LogP contribution is 2.27. The van der Waals surface area contributed by atoms with Gasteiger partial charge < -0.3 is 9.47 Å². The Morgan fingerprint density at radius 2 is 1.88 bits per heavy atom. The zero-order valence-electron chi connectivity index (χ0n) is 13.2. The van der Waals surface area contributed by atoms with Crippen LogP contribution in [0.1, 0.15) is 12.5 Å². The van der Waals surface area contributed by atoms with E-state index in [0.29, 0.717) is 23.7 Å². The van der Waals surface area contributed by atoms with E-state index < -0.39 is 15.8 Å². The van der Waals surface area contributed by atoms with Crippen LogP contribution < -0.4 is 14.3 Å².